The van der Waals surface area contributed by atoms with Crippen molar-refractivity contribution in [2.75, 3.05) is 0 Å². The Kier molecular flexibility index (Phi) is 3.80. The Bertz CT molecular complexity index is 693. The summed E-state index contributed by atoms with van der Waals surface area (Å²) in [6.07, 6.45) is 0. The van der Waals surface area contributed by atoms with E-state index in [0.29, 0.717) is 0 Å². The van der Waals surface area contributed by atoms with Crippen LogP contribution in [-0.4, -0.2) is 0 Å². The number of benzene rings is 3. The molecule has 0 aliphatic carbocycles. The molecule has 0 saturated carbocycles. The molecule has 3 aromatic rings. The lowest BCUT2D eigenvalue weighted by Gasteiger charge is -2.14. The van der Waals surface area contributed by atoms with Crippen molar-refractivity contribution in [2.45, 2.75) is 0 Å². The quantitative estimate of drug-likeness (QED) is 0.599. The highest BCUT2D eigenvalue weighted by molar-refractivity contribution is 7.10. The van der Waals surface area contributed by atoms with E-state index < -0.39 is 0 Å². The topological polar surface area (TPSA) is 9.23 Å². The average molecular weight is 278 g/mol. The van der Waals surface area contributed by atoms with E-state index in [1.54, 1.807) is 0 Å². The van der Waals surface area contributed by atoms with Crippen molar-refractivity contribution >= 4 is 9.47 Å². The van der Waals surface area contributed by atoms with E-state index in [4.69, 9.17) is 4.52 Å². The van der Waals surface area contributed by atoms with Gasteiger partial charge in [-0.3, -0.25) is 0 Å². The van der Waals surface area contributed by atoms with Crippen molar-refractivity contribution in [3.05, 3.63) is 78.9 Å². The summed E-state index contributed by atoms with van der Waals surface area (Å²) in [7, 11) is 2.34. The minimum atomic E-state index is 0.863. The van der Waals surface area contributed by atoms with Gasteiger partial charge in [0.1, 0.15) is 5.75 Å². The summed E-state index contributed by atoms with van der Waals surface area (Å²) in [6, 6.07) is 26.8. The van der Waals surface area contributed by atoms with Gasteiger partial charge in [0.2, 0.25) is 0 Å². The largest absolute Gasteiger partial charge is 0.480 e. The molecule has 0 spiro atoms. The van der Waals surface area contributed by atoms with Gasteiger partial charge in [-0.05, 0) is 22.8 Å². The van der Waals surface area contributed by atoms with E-state index in [2.05, 4.69) is 51.9 Å². The van der Waals surface area contributed by atoms with Crippen LogP contribution in [0, 0.1) is 0 Å². The van der Waals surface area contributed by atoms with E-state index in [9.17, 15) is 0 Å². The predicted molar refractivity (Wildman–Crippen MR) is 87.7 cm³/mol. The van der Waals surface area contributed by atoms with Crippen LogP contribution in [-0.2, 0) is 0 Å². The Balaban J connectivity index is 2.26. The highest BCUT2D eigenvalue weighted by Crippen LogP contribution is 2.39. The van der Waals surface area contributed by atoms with Crippen molar-refractivity contribution in [3.63, 3.8) is 0 Å². The molecule has 3 rings (SSSR count). The zero-order chi connectivity index (χ0) is 13.8. The second-order valence-electron chi connectivity index (χ2n) is 4.53. The molecule has 0 fully saturated rings. The molecular weight excluding hydrogens is 263 g/mol. The molecule has 2 heteroatoms. The Morgan fingerprint density at radius 3 is 1.80 bits per heavy atom. The lowest BCUT2D eigenvalue weighted by Crippen LogP contribution is -1.88. The highest BCUT2D eigenvalue weighted by Gasteiger charge is 2.12. The van der Waals surface area contributed by atoms with Gasteiger partial charge in [-0.1, -0.05) is 72.8 Å². The van der Waals surface area contributed by atoms with Crippen LogP contribution in [0.2, 0.25) is 0 Å². The lowest BCUT2D eigenvalue weighted by atomic mass is 9.94. The Morgan fingerprint density at radius 1 is 0.600 bits per heavy atom. The molecule has 0 heterocycles. The Hall–Kier alpha value is -2.11. The minimum absolute atomic E-state index is 0.863. The first-order chi connectivity index (χ1) is 9.90. The van der Waals surface area contributed by atoms with Crippen molar-refractivity contribution < 1.29 is 4.52 Å². The molecule has 0 N–H and O–H groups in total. The van der Waals surface area contributed by atoms with Crippen LogP contribution in [0.3, 0.4) is 0 Å². The average Bonchev–Trinajstić information content (AvgIpc) is 2.55. The maximum Gasteiger partial charge on any atom is 0.130 e. The van der Waals surface area contributed by atoms with Crippen LogP contribution in [0.25, 0.3) is 22.3 Å². The lowest BCUT2D eigenvalue weighted by molar-refractivity contribution is 0.649. The predicted octanol–water partition coefficient (Wildman–Crippen LogP) is 5.19. The van der Waals surface area contributed by atoms with Crippen LogP contribution in [0.4, 0.5) is 0 Å². The summed E-state index contributed by atoms with van der Waals surface area (Å²) in [5.41, 5.74) is 4.64. The van der Waals surface area contributed by atoms with Gasteiger partial charge in [-0.15, -0.1) is 0 Å². The van der Waals surface area contributed by atoms with Gasteiger partial charge in [-0.25, -0.2) is 0 Å². The first kappa shape index (κ1) is 12.9. The summed E-state index contributed by atoms with van der Waals surface area (Å²) in [4.78, 5) is 0. The molecule has 0 amide bonds. The zero-order valence-electron chi connectivity index (χ0n) is 11.0. The molecule has 0 aromatic heterocycles. The second kappa shape index (κ2) is 5.90. The van der Waals surface area contributed by atoms with Gasteiger partial charge in [0.25, 0.3) is 0 Å². The Morgan fingerprint density at radius 2 is 1.20 bits per heavy atom. The first-order valence-corrected chi connectivity index (χ1v) is 6.98. The third-order valence-corrected chi connectivity index (χ3v) is 3.55. The summed E-state index contributed by atoms with van der Waals surface area (Å²) >= 11 is 0. The van der Waals surface area contributed by atoms with Gasteiger partial charge in [0.05, 0.1) is 9.47 Å². The second-order valence-corrected chi connectivity index (χ2v) is 4.76. The molecule has 20 heavy (non-hydrogen) atoms. The van der Waals surface area contributed by atoms with Crippen LogP contribution in [0.5, 0.6) is 5.75 Å². The maximum atomic E-state index is 5.48. The maximum absolute atomic E-state index is 5.48. The first-order valence-electron chi connectivity index (χ1n) is 6.51. The standard InChI is InChI=1S/C18H15OP/c20-19-17-13-7-12-16(14-8-3-1-4-9-14)18(17)15-10-5-2-6-11-15/h1-13H,20H2. The molecule has 3 aromatic carbocycles. The smallest absolute Gasteiger partial charge is 0.130 e. The van der Waals surface area contributed by atoms with Crippen molar-refractivity contribution in [3.8, 4) is 28.0 Å². The molecule has 0 aliphatic rings. The van der Waals surface area contributed by atoms with E-state index in [-0.39, 0.29) is 0 Å². The van der Waals surface area contributed by atoms with Gasteiger partial charge in [0, 0.05) is 5.56 Å². The normalized spacial score (nSPS) is 10.2. The van der Waals surface area contributed by atoms with Gasteiger partial charge < -0.3 is 4.52 Å². The highest BCUT2D eigenvalue weighted by atomic mass is 31.0. The number of rotatable bonds is 3. The fraction of sp³-hybridized carbons (Fsp3) is 0. The fourth-order valence-electron chi connectivity index (χ4n) is 2.39. The summed E-state index contributed by atoms with van der Waals surface area (Å²) in [5.74, 6) is 0.863. The van der Waals surface area contributed by atoms with Crippen molar-refractivity contribution in [1.29, 1.82) is 0 Å². The molecule has 0 radical (unpaired) electrons. The van der Waals surface area contributed by atoms with Crippen molar-refractivity contribution in [2.24, 2.45) is 0 Å². The van der Waals surface area contributed by atoms with E-state index in [0.717, 1.165) is 16.9 Å². The van der Waals surface area contributed by atoms with Gasteiger partial charge in [-0.2, -0.15) is 0 Å². The van der Waals surface area contributed by atoms with Gasteiger partial charge >= 0.3 is 0 Å². The number of hydrogen-bond acceptors (Lipinski definition) is 1. The van der Waals surface area contributed by atoms with E-state index in [1.807, 2.05) is 36.4 Å². The van der Waals surface area contributed by atoms with Crippen LogP contribution >= 0.6 is 9.47 Å². The van der Waals surface area contributed by atoms with E-state index in [1.165, 1.54) is 11.1 Å². The molecule has 1 atom stereocenters. The SMILES string of the molecule is POc1cccc(-c2ccccc2)c1-c1ccccc1. The Labute approximate surface area is 121 Å². The van der Waals surface area contributed by atoms with Crippen LogP contribution in [0.1, 0.15) is 0 Å². The molecule has 0 aliphatic heterocycles. The third-order valence-electron chi connectivity index (χ3n) is 3.30. The zero-order valence-corrected chi connectivity index (χ0v) is 12.1. The molecular formula is C18H15OP. The van der Waals surface area contributed by atoms with E-state index >= 15 is 0 Å². The monoisotopic (exact) mass is 278 g/mol. The summed E-state index contributed by atoms with van der Waals surface area (Å²) < 4.78 is 5.48. The van der Waals surface area contributed by atoms with Gasteiger partial charge in [0.15, 0.2) is 0 Å². The molecule has 1 nitrogen and oxygen atoms in total. The minimum Gasteiger partial charge on any atom is -0.480 e. The molecule has 0 saturated heterocycles. The molecule has 0 bridgehead atoms. The van der Waals surface area contributed by atoms with Crippen LogP contribution in [0.15, 0.2) is 78.9 Å². The number of hydrogen-bond donors (Lipinski definition) is 0. The fourth-order valence-corrected chi connectivity index (χ4v) is 2.59. The summed E-state index contributed by atoms with van der Waals surface area (Å²) in [5, 5.41) is 0. The summed E-state index contributed by atoms with van der Waals surface area (Å²) in [6.45, 7) is 0. The van der Waals surface area contributed by atoms with Crippen molar-refractivity contribution in [1.82, 2.24) is 0 Å². The van der Waals surface area contributed by atoms with Crippen LogP contribution < -0.4 is 4.52 Å². The third kappa shape index (κ3) is 2.45. The molecule has 98 valence electrons. The molecule has 1 unspecified atom stereocenters.